The summed E-state index contributed by atoms with van der Waals surface area (Å²) in [6, 6.07) is 0. The number of nitrogens with two attached hydrogens (primary N) is 1. The van der Waals surface area contributed by atoms with Crippen LogP contribution >= 0.6 is 0 Å². The number of terminal acetylenes is 1. The smallest absolute Gasteiger partial charge is 0.0596 e. The molecule has 0 aromatic carbocycles. The maximum absolute atomic E-state index is 5.55. The molecule has 0 fully saturated rings. The number of rotatable bonds is 8. The van der Waals surface area contributed by atoms with Crippen molar-refractivity contribution in [3.8, 4) is 12.3 Å². The van der Waals surface area contributed by atoms with Gasteiger partial charge in [0.2, 0.25) is 0 Å². The molecule has 0 saturated heterocycles. The SMILES string of the molecule is C#CCN(C)CCCC(CC)CCN. The Kier molecular flexibility index (Phi) is 8.72. The zero-order valence-electron chi connectivity index (χ0n) is 9.63. The van der Waals surface area contributed by atoms with E-state index in [9.17, 15) is 0 Å². The predicted octanol–water partition coefficient (Wildman–Crippen LogP) is 1.71. The van der Waals surface area contributed by atoms with E-state index in [0.717, 1.165) is 32.0 Å². The minimum atomic E-state index is 0.758. The molecule has 0 aliphatic heterocycles. The normalized spacial score (nSPS) is 12.8. The Morgan fingerprint density at radius 2 is 2.14 bits per heavy atom. The largest absolute Gasteiger partial charge is 0.330 e. The Labute approximate surface area is 88.9 Å². The molecule has 0 rings (SSSR count). The van der Waals surface area contributed by atoms with E-state index in [1.165, 1.54) is 19.3 Å². The lowest BCUT2D eigenvalue weighted by Crippen LogP contribution is -2.20. The van der Waals surface area contributed by atoms with Gasteiger partial charge in [0, 0.05) is 0 Å². The van der Waals surface area contributed by atoms with Gasteiger partial charge in [-0.2, -0.15) is 0 Å². The molecule has 0 aromatic rings. The summed E-state index contributed by atoms with van der Waals surface area (Å²) in [6.07, 6.45) is 10.1. The molecular formula is C12H24N2. The zero-order chi connectivity index (χ0) is 10.8. The standard InChI is InChI=1S/C12H24N2/c1-4-10-14(3)11-6-7-12(5-2)8-9-13/h1,12H,5-11,13H2,2-3H3. The predicted molar refractivity (Wildman–Crippen MR) is 63.0 cm³/mol. The highest BCUT2D eigenvalue weighted by molar-refractivity contribution is 4.87. The topological polar surface area (TPSA) is 29.3 Å². The summed E-state index contributed by atoms with van der Waals surface area (Å²) in [5, 5.41) is 0. The lowest BCUT2D eigenvalue weighted by Gasteiger charge is -2.16. The summed E-state index contributed by atoms with van der Waals surface area (Å²) in [5.41, 5.74) is 5.55. The Morgan fingerprint density at radius 1 is 1.43 bits per heavy atom. The second-order valence-corrected chi connectivity index (χ2v) is 3.94. The van der Waals surface area contributed by atoms with E-state index < -0.39 is 0 Å². The van der Waals surface area contributed by atoms with Crippen molar-refractivity contribution in [2.45, 2.75) is 32.6 Å². The van der Waals surface area contributed by atoms with E-state index in [0.29, 0.717) is 0 Å². The van der Waals surface area contributed by atoms with E-state index >= 15 is 0 Å². The molecule has 0 heterocycles. The van der Waals surface area contributed by atoms with E-state index in [-0.39, 0.29) is 0 Å². The molecule has 0 bridgehead atoms. The number of nitrogens with zero attached hydrogens (tertiary/aromatic N) is 1. The van der Waals surface area contributed by atoms with Crippen LogP contribution in [-0.2, 0) is 0 Å². The molecule has 1 atom stereocenters. The molecular weight excluding hydrogens is 172 g/mol. The first-order chi connectivity index (χ1) is 6.74. The summed E-state index contributed by atoms with van der Waals surface area (Å²) in [4.78, 5) is 2.19. The molecule has 0 aliphatic carbocycles. The average Bonchev–Trinajstić information content (AvgIpc) is 2.17. The molecule has 82 valence electrons. The van der Waals surface area contributed by atoms with Gasteiger partial charge in [0.25, 0.3) is 0 Å². The molecule has 2 nitrogen and oxygen atoms in total. The van der Waals surface area contributed by atoms with Gasteiger partial charge < -0.3 is 5.73 Å². The van der Waals surface area contributed by atoms with Gasteiger partial charge in [-0.25, -0.2) is 0 Å². The lowest BCUT2D eigenvalue weighted by molar-refractivity contribution is 0.335. The molecule has 14 heavy (non-hydrogen) atoms. The van der Waals surface area contributed by atoms with Crippen LogP contribution in [-0.4, -0.2) is 31.6 Å². The van der Waals surface area contributed by atoms with Crippen LogP contribution in [0.2, 0.25) is 0 Å². The first-order valence-electron chi connectivity index (χ1n) is 5.56. The highest BCUT2D eigenvalue weighted by Crippen LogP contribution is 2.14. The summed E-state index contributed by atoms with van der Waals surface area (Å²) in [5.74, 6) is 3.46. The van der Waals surface area contributed by atoms with Crippen molar-refractivity contribution in [2.75, 3.05) is 26.7 Å². The third kappa shape index (κ3) is 6.94. The van der Waals surface area contributed by atoms with Crippen LogP contribution in [0.5, 0.6) is 0 Å². The van der Waals surface area contributed by atoms with Crippen LogP contribution in [0.1, 0.15) is 32.6 Å². The molecule has 0 aliphatic rings. The molecule has 0 radical (unpaired) electrons. The molecule has 0 saturated carbocycles. The molecule has 2 heteroatoms. The van der Waals surface area contributed by atoms with E-state index in [1.807, 2.05) is 0 Å². The van der Waals surface area contributed by atoms with Gasteiger partial charge in [0.15, 0.2) is 0 Å². The van der Waals surface area contributed by atoms with Gasteiger partial charge >= 0.3 is 0 Å². The molecule has 0 aromatic heterocycles. The van der Waals surface area contributed by atoms with Crippen molar-refractivity contribution < 1.29 is 0 Å². The molecule has 0 spiro atoms. The highest BCUT2D eigenvalue weighted by atomic mass is 15.1. The van der Waals surface area contributed by atoms with E-state index in [2.05, 4.69) is 24.8 Å². The number of hydrogen-bond acceptors (Lipinski definition) is 2. The summed E-state index contributed by atoms with van der Waals surface area (Å²) < 4.78 is 0. The number of hydrogen-bond donors (Lipinski definition) is 1. The van der Waals surface area contributed by atoms with Crippen LogP contribution in [0.15, 0.2) is 0 Å². The van der Waals surface area contributed by atoms with Crippen molar-refractivity contribution in [3.63, 3.8) is 0 Å². The fraction of sp³-hybridized carbons (Fsp3) is 0.833. The maximum atomic E-state index is 5.55. The van der Waals surface area contributed by atoms with Crippen molar-refractivity contribution in [1.82, 2.24) is 4.90 Å². The van der Waals surface area contributed by atoms with Crippen LogP contribution < -0.4 is 5.73 Å². The molecule has 1 unspecified atom stereocenters. The monoisotopic (exact) mass is 196 g/mol. The summed E-state index contributed by atoms with van der Waals surface area (Å²) in [7, 11) is 2.07. The average molecular weight is 196 g/mol. The van der Waals surface area contributed by atoms with E-state index in [1.54, 1.807) is 0 Å². The first kappa shape index (κ1) is 13.5. The first-order valence-corrected chi connectivity index (χ1v) is 5.56. The third-order valence-electron chi connectivity index (χ3n) is 2.67. The van der Waals surface area contributed by atoms with E-state index in [4.69, 9.17) is 12.2 Å². The fourth-order valence-electron chi connectivity index (χ4n) is 1.67. The van der Waals surface area contributed by atoms with Crippen LogP contribution in [0.25, 0.3) is 0 Å². The molecule has 0 amide bonds. The fourth-order valence-corrected chi connectivity index (χ4v) is 1.67. The van der Waals surface area contributed by atoms with Gasteiger partial charge in [-0.1, -0.05) is 19.3 Å². The Bertz CT molecular complexity index is 160. The lowest BCUT2D eigenvalue weighted by atomic mass is 9.97. The zero-order valence-corrected chi connectivity index (χ0v) is 9.63. The third-order valence-corrected chi connectivity index (χ3v) is 2.67. The molecule has 2 N–H and O–H groups in total. The summed E-state index contributed by atoms with van der Waals surface area (Å²) in [6.45, 7) is 4.92. The van der Waals surface area contributed by atoms with Gasteiger partial charge in [-0.3, -0.25) is 4.90 Å². The van der Waals surface area contributed by atoms with Gasteiger partial charge in [-0.05, 0) is 45.3 Å². The Balaban J connectivity index is 3.46. The van der Waals surface area contributed by atoms with Crippen molar-refractivity contribution in [1.29, 1.82) is 0 Å². The van der Waals surface area contributed by atoms with Gasteiger partial charge in [0.1, 0.15) is 0 Å². The van der Waals surface area contributed by atoms with Crippen molar-refractivity contribution >= 4 is 0 Å². The van der Waals surface area contributed by atoms with Crippen LogP contribution in [0.4, 0.5) is 0 Å². The Hall–Kier alpha value is -0.520. The second-order valence-electron chi connectivity index (χ2n) is 3.94. The summed E-state index contributed by atoms with van der Waals surface area (Å²) >= 11 is 0. The second kappa shape index (κ2) is 9.05. The maximum Gasteiger partial charge on any atom is 0.0596 e. The van der Waals surface area contributed by atoms with Crippen LogP contribution in [0.3, 0.4) is 0 Å². The quantitative estimate of drug-likeness (QED) is 0.599. The van der Waals surface area contributed by atoms with Gasteiger partial charge in [0.05, 0.1) is 6.54 Å². The minimum absolute atomic E-state index is 0.758. The Morgan fingerprint density at radius 3 is 2.64 bits per heavy atom. The van der Waals surface area contributed by atoms with Crippen molar-refractivity contribution in [2.24, 2.45) is 11.7 Å². The van der Waals surface area contributed by atoms with Crippen LogP contribution in [0, 0.1) is 18.3 Å². The van der Waals surface area contributed by atoms with Gasteiger partial charge in [-0.15, -0.1) is 6.42 Å². The minimum Gasteiger partial charge on any atom is -0.330 e. The highest BCUT2D eigenvalue weighted by Gasteiger charge is 2.05. The van der Waals surface area contributed by atoms with Crippen molar-refractivity contribution in [3.05, 3.63) is 0 Å².